The van der Waals surface area contributed by atoms with Gasteiger partial charge in [0.1, 0.15) is 11.9 Å². The van der Waals surface area contributed by atoms with E-state index in [0.717, 1.165) is 37.9 Å². The number of benzene rings is 7. The number of hydrogen-bond donors (Lipinski definition) is 0. The maximum absolute atomic E-state index is 12.1. The summed E-state index contributed by atoms with van der Waals surface area (Å²) in [6.45, 7) is 41.2. The molecule has 106 heavy (non-hydrogen) atoms. The average Bonchev–Trinajstić information content (AvgIpc) is 1.48. The first-order chi connectivity index (χ1) is 50.9. The Bertz CT molecular complexity index is 4980. The Morgan fingerprint density at radius 1 is 0.396 bits per heavy atom. The molecule has 10 aromatic rings. The number of ether oxygens (including phenoxy) is 2. The molecule has 7 aromatic carbocycles. The fraction of sp³-hybridized carbons (Fsp3) is 0.430. The summed E-state index contributed by atoms with van der Waals surface area (Å²) in [5, 5.41) is 0. The number of rotatable bonds is 23. The standard InChI is InChI=1S/C100H112O3S3/c1-16-71(17-2)103-91(101)30-27-25-23-22-24-26-28-55-102-72-39-32-65(33-40-72)85-47-48-86(104-85)68-36-44-76-74-42-34-66(57-80(74)98(82(76)59-68)92(8,9)51-52-93(98,10)11)67-35-43-75-77-45-37-69(60-83(77)99(81(75)58-67)94(12,13)53-54-95(99,14)15)87-62-89-90(105-87)63-88(106-89)70-38-46-78-73-41-31-64(7)56-79(73)100(84(78)61-70)96(18-3,19-4)49-29-50-97(100,20-5)21-6/h16-17,31-48,56-63,71H,1-2,18-30,49-55H2,3-15H3. The molecule has 548 valence electrons. The summed E-state index contributed by atoms with van der Waals surface area (Å²) < 4.78 is 14.4. The van der Waals surface area contributed by atoms with Crippen LogP contribution in [0, 0.1) is 39.4 Å². The van der Waals surface area contributed by atoms with E-state index in [0.29, 0.717) is 13.0 Å². The zero-order valence-electron chi connectivity index (χ0n) is 65.7. The molecule has 0 N–H and O–H groups in total. The van der Waals surface area contributed by atoms with Crippen molar-refractivity contribution in [3.8, 4) is 92.0 Å². The molecule has 6 heteroatoms. The van der Waals surface area contributed by atoms with Gasteiger partial charge in [-0.25, -0.2) is 0 Å². The minimum absolute atomic E-state index is 0.0141. The van der Waals surface area contributed by atoms with Crippen LogP contribution in [0.25, 0.3) is 95.7 Å². The third-order valence-corrected chi connectivity index (χ3v) is 32.7. The zero-order valence-corrected chi connectivity index (χ0v) is 68.2. The van der Waals surface area contributed by atoms with Crippen LogP contribution in [0.1, 0.15) is 244 Å². The third-order valence-electron chi connectivity index (χ3n) is 29.2. The van der Waals surface area contributed by atoms with Gasteiger partial charge in [0.05, 0.1) is 6.61 Å². The molecule has 0 saturated heterocycles. The van der Waals surface area contributed by atoms with E-state index in [1.165, 1.54) is 207 Å². The molecule has 0 unspecified atom stereocenters. The Balaban J connectivity index is 0.661. The van der Waals surface area contributed by atoms with Crippen molar-refractivity contribution in [1.29, 1.82) is 0 Å². The predicted molar refractivity (Wildman–Crippen MR) is 454 cm³/mol. The fourth-order valence-electron chi connectivity index (χ4n) is 24.1. The highest BCUT2D eigenvalue weighted by atomic mass is 32.1. The molecular weight excluding hydrogens is 1350 g/mol. The van der Waals surface area contributed by atoms with Gasteiger partial charge in [-0.15, -0.1) is 34.0 Å². The molecule has 16 rings (SSSR count). The second-order valence-electron chi connectivity index (χ2n) is 35.6. The number of carbonyl (C=O) groups is 1. The molecule has 0 aliphatic heterocycles. The first-order valence-corrected chi connectivity index (χ1v) is 43.1. The zero-order chi connectivity index (χ0) is 74.1. The van der Waals surface area contributed by atoms with Crippen LogP contribution in [-0.2, 0) is 25.8 Å². The first kappa shape index (κ1) is 72.8. The molecular formula is C100H112O3S3. The summed E-state index contributed by atoms with van der Waals surface area (Å²) in [5.41, 5.74) is 27.3. The lowest BCUT2D eigenvalue weighted by Gasteiger charge is -2.64. The normalized spacial score (nSPS) is 19.0. The molecule has 3 heterocycles. The Morgan fingerprint density at radius 3 is 1.19 bits per heavy atom. The van der Waals surface area contributed by atoms with Gasteiger partial charge >= 0.3 is 5.97 Å². The van der Waals surface area contributed by atoms with Crippen LogP contribution < -0.4 is 4.74 Å². The first-order valence-electron chi connectivity index (χ1n) is 40.6. The summed E-state index contributed by atoms with van der Waals surface area (Å²) in [4.78, 5) is 17.4. The van der Waals surface area contributed by atoms with E-state index in [2.05, 4.69) is 261 Å². The minimum Gasteiger partial charge on any atom is -0.494 e. The van der Waals surface area contributed by atoms with E-state index >= 15 is 0 Å². The fourth-order valence-corrected chi connectivity index (χ4v) is 27.5. The van der Waals surface area contributed by atoms with Gasteiger partial charge < -0.3 is 9.47 Å². The van der Waals surface area contributed by atoms with E-state index in [4.69, 9.17) is 9.47 Å². The molecule has 0 radical (unpaired) electrons. The maximum Gasteiger partial charge on any atom is 0.306 e. The van der Waals surface area contributed by atoms with E-state index in [9.17, 15) is 4.79 Å². The van der Waals surface area contributed by atoms with Gasteiger partial charge in [0.2, 0.25) is 0 Å². The molecule has 6 aliphatic carbocycles. The van der Waals surface area contributed by atoms with Crippen LogP contribution in [-0.4, -0.2) is 18.7 Å². The molecule has 0 bridgehead atoms. The summed E-state index contributed by atoms with van der Waals surface area (Å²) >= 11 is 5.89. The van der Waals surface area contributed by atoms with Crippen LogP contribution in [0.2, 0.25) is 0 Å². The Kier molecular flexibility index (Phi) is 18.6. The number of aryl methyl sites for hydroxylation is 1. The monoisotopic (exact) mass is 1460 g/mol. The van der Waals surface area contributed by atoms with Crippen molar-refractivity contribution in [3.63, 3.8) is 0 Å². The van der Waals surface area contributed by atoms with E-state index in [1.807, 2.05) is 34.0 Å². The minimum atomic E-state index is -0.402. The second kappa shape index (κ2) is 27.0. The Labute approximate surface area is 646 Å². The molecule has 0 amide bonds. The highest BCUT2D eigenvalue weighted by molar-refractivity contribution is 7.31. The summed E-state index contributed by atoms with van der Waals surface area (Å²) in [6, 6.07) is 64.0. The topological polar surface area (TPSA) is 35.5 Å². The highest BCUT2D eigenvalue weighted by Crippen LogP contribution is 2.76. The van der Waals surface area contributed by atoms with Gasteiger partial charge in [0.15, 0.2) is 0 Å². The third kappa shape index (κ3) is 10.8. The van der Waals surface area contributed by atoms with Crippen molar-refractivity contribution in [2.75, 3.05) is 6.61 Å². The smallest absolute Gasteiger partial charge is 0.306 e. The van der Waals surface area contributed by atoms with Crippen molar-refractivity contribution >= 4 is 49.4 Å². The van der Waals surface area contributed by atoms with Crippen LogP contribution in [0.5, 0.6) is 5.75 Å². The molecule has 6 aliphatic rings. The van der Waals surface area contributed by atoms with Crippen molar-refractivity contribution in [3.05, 3.63) is 222 Å². The van der Waals surface area contributed by atoms with Crippen molar-refractivity contribution in [1.82, 2.24) is 0 Å². The lowest BCUT2D eigenvalue weighted by molar-refractivity contribution is -0.145. The van der Waals surface area contributed by atoms with Gasteiger partial charge in [0, 0.05) is 51.6 Å². The number of hydrogen-bond acceptors (Lipinski definition) is 6. The number of thiophene rings is 3. The quantitative estimate of drug-likeness (QED) is 0.0364. The van der Waals surface area contributed by atoms with Gasteiger partial charge in [-0.3, -0.25) is 4.79 Å². The predicted octanol–water partition coefficient (Wildman–Crippen LogP) is 29.7. The van der Waals surface area contributed by atoms with Gasteiger partial charge in [-0.05, 0) is 308 Å². The van der Waals surface area contributed by atoms with Crippen LogP contribution in [0.15, 0.2) is 183 Å². The lowest BCUT2D eigenvalue weighted by Crippen LogP contribution is -2.59. The summed E-state index contributed by atoms with van der Waals surface area (Å²) in [6.07, 6.45) is 24.2. The van der Waals surface area contributed by atoms with Crippen molar-refractivity contribution in [2.45, 2.75) is 234 Å². The van der Waals surface area contributed by atoms with Crippen molar-refractivity contribution < 1.29 is 14.3 Å². The summed E-state index contributed by atoms with van der Waals surface area (Å²) in [7, 11) is 0. The second-order valence-corrected chi connectivity index (χ2v) is 38.9. The molecule has 3 spiro atoms. The number of fused-ring (bicyclic) bond motifs is 16. The van der Waals surface area contributed by atoms with Gasteiger partial charge in [-0.1, -0.05) is 219 Å². The van der Waals surface area contributed by atoms with Gasteiger partial charge in [-0.2, -0.15) is 0 Å². The van der Waals surface area contributed by atoms with Gasteiger partial charge in [0.25, 0.3) is 0 Å². The van der Waals surface area contributed by atoms with Crippen LogP contribution in [0.4, 0.5) is 0 Å². The number of unbranched alkanes of at least 4 members (excludes halogenated alkanes) is 6. The van der Waals surface area contributed by atoms with Crippen LogP contribution >= 0.6 is 34.0 Å². The molecule has 3 saturated carbocycles. The SMILES string of the molecule is C=CC(C=C)OC(=O)CCCCCCCCCOc1ccc(-c2ccc(-c3ccc4c(c3)C3(c5cc(-c6ccc7c(c6)C6(c8cc(-c9cc%10sc(-c%11ccc%12c(c%11)C%11(c%13cc(C)ccc%13-%12)C(CC)(CC)CCCC%11(CC)CC)cc%10s9)ccc8-7)C(C)(C)CCC6(C)C)ccc5-4)C(C)(C)CCC3(C)C)s2)cc1. The van der Waals surface area contributed by atoms with Crippen molar-refractivity contribution in [2.24, 2.45) is 32.5 Å². The molecule has 3 aromatic heterocycles. The van der Waals surface area contributed by atoms with E-state index < -0.39 is 6.10 Å². The highest BCUT2D eigenvalue weighted by Gasteiger charge is 2.68. The Morgan fingerprint density at radius 2 is 0.755 bits per heavy atom. The van der Waals surface area contributed by atoms with E-state index in [1.54, 1.807) is 23.3 Å². The maximum atomic E-state index is 12.1. The van der Waals surface area contributed by atoms with E-state index in [-0.39, 0.29) is 54.7 Å². The largest absolute Gasteiger partial charge is 0.494 e. The molecule has 0 atom stereocenters. The number of carbonyl (C=O) groups excluding carboxylic acids is 1. The lowest BCUT2D eigenvalue weighted by atomic mass is 9.39. The average molecular weight is 1460 g/mol. The summed E-state index contributed by atoms with van der Waals surface area (Å²) in [5.74, 6) is 0.745. The Hall–Kier alpha value is -7.35. The molecule has 3 fully saturated rings. The molecule has 3 nitrogen and oxygen atoms in total. The van der Waals surface area contributed by atoms with Crippen LogP contribution in [0.3, 0.4) is 0 Å². The number of esters is 1.